The first-order valence-corrected chi connectivity index (χ1v) is 13.5. The van der Waals surface area contributed by atoms with Crippen LogP contribution in [0.5, 0.6) is 0 Å². The molecule has 10 nitrogen and oxygen atoms in total. The Kier molecular flexibility index (Phi) is 7.29. The molecule has 0 unspecified atom stereocenters. The molecule has 6 rings (SSSR count). The van der Waals surface area contributed by atoms with Gasteiger partial charge in [-0.25, -0.2) is 4.98 Å². The second kappa shape index (κ2) is 11.5. The first-order chi connectivity index (χ1) is 19.6. The summed E-state index contributed by atoms with van der Waals surface area (Å²) in [5.41, 5.74) is 4.57. The summed E-state index contributed by atoms with van der Waals surface area (Å²) in [6.07, 6.45) is 3.11. The van der Waals surface area contributed by atoms with Crippen molar-refractivity contribution in [1.82, 2.24) is 14.3 Å². The molecule has 0 bridgehead atoms. The summed E-state index contributed by atoms with van der Waals surface area (Å²) in [5, 5.41) is 9.46. The maximum atomic E-state index is 13.1. The fraction of sp³-hybridized carbons (Fsp3) is 0.138. The van der Waals surface area contributed by atoms with Gasteiger partial charge in [-0.2, -0.15) is 4.37 Å². The zero-order chi connectivity index (χ0) is 27.3. The molecule has 3 heterocycles. The van der Waals surface area contributed by atoms with Crippen molar-refractivity contribution in [3.05, 3.63) is 96.3 Å². The normalized spacial score (nSPS) is 13.2. The van der Waals surface area contributed by atoms with Crippen molar-refractivity contribution in [3.63, 3.8) is 0 Å². The van der Waals surface area contributed by atoms with Gasteiger partial charge in [0.2, 0.25) is 0 Å². The van der Waals surface area contributed by atoms with Crippen molar-refractivity contribution in [2.45, 2.75) is 0 Å². The van der Waals surface area contributed by atoms with E-state index in [1.54, 1.807) is 30.5 Å². The average Bonchev–Trinajstić information content (AvgIpc) is 3.46. The topological polar surface area (TPSA) is 121 Å². The predicted octanol–water partition coefficient (Wildman–Crippen LogP) is 5.17. The van der Waals surface area contributed by atoms with E-state index in [0.29, 0.717) is 46.5 Å². The summed E-state index contributed by atoms with van der Waals surface area (Å²) in [4.78, 5) is 37.2. The number of amides is 2. The Balaban J connectivity index is 1.10. The fourth-order valence-corrected chi connectivity index (χ4v) is 5.00. The van der Waals surface area contributed by atoms with Crippen molar-refractivity contribution in [2.24, 2.45) is 0 Å². The minimum atomic E-state index is -0.360. The second-order valence-electron chi connectivity index (χ2n) is 9.07. The van der Waals surface area contributed by atoms with Gasteiger partial charge in [-0.15, -0.1) is 0 Å². The molecule has 3 N–H and O–H groups in total. The van der Waals surface area contributed by atoms with Gasteiger partial charge in [0, 0.05) is 35.7 Å². The lowest BCUT2D eigenvalue weighted by Crippen LogP contribution is -2.36. The number of morpholine rings is 1. The quantitative estimate of drug-likeness (QED) is 0.253. The number of anilines is 5. The van der Waals surface area contributed by atoms with Crippen LogP contribution in [0.4, 0.5) is 27.9 Å². The highest BCUT2D eigenvalue weighted by Gasteiger charge is 2.17. The summed E-state index contributed by atoms with van der Waals surface area (Å²) in [6, 6.07) is 22.1. The number of fused-ring (bicyclic) bond motifs is 1. The largest absolute Gasteiger partial charge is 0.378 e. The van der Waals surface area contributed by atoms with E-state index in [1.807, 2.05) is 48.5 Å². The lowest BCUT2D eigenvalue weighted by molar-refractivity contribution is 0.101. The molecule has 2 aromatic heterocycles. The van der Waals surface area contributed by atoms with Crippen LogP contribution < -0.4 is 20.9 Å². The van der Waals surface area contributed by atoms with Gasteiger partial charge >= 0.3 is 0 Å². The number of hydrogen-bond donors (Lipinski definition) is 3. The van der Waals surface area contributed by atoms with Crippen LogP contribution in [-0.4, -0.2) is 52.5 Å². The highest BCUT2D eigenvalue weighted by atomic mass is 32.1. The van der Waals surface area contributed by atoms with Gasteiger partial charge in [0.25, 0.3) is 11.8 Å². The van der Waals surface area contributed by atoms with Gasteiger partial charge in [-0.1, -0.05) is 18.2 Å². The number of nitrogens with zero attached hydrogens (tertiary/aromatic N) is 4. The lowest BCUT2D eigenvalue weighted by Gasteiger charge is -2.28. The number of nitrogens with one attached hydrogen (secondary N) is 3. The number of ether oxygens (including phenoxy) is 1. The Morgan fingerprint density at radius 1 is 0.825 bits per heavy atom. The predicted molar refractivity (Wildman–Crippen MR) is 157 cm³/mol. The molecule has 3 aromatic carbocycles. The average molecular weight is 552 g/mol. The SMILES string of the molecule is O=C(Nc1ccc(N2CCOCC2)cc1)c1cccc(NC(=O)c2cnsc2Nc2cnc3ccccc3n2)c1. The van der Waals surface area contributed by atoms with Crippen LogP contribution >= 0.6 is 11.5 Å². The molecule has 0 saturated carbocycles. The smallest absolute Gasteiger partial charge is 0.260 e. The van der Waals surface area contributed by atoms with Crippen LogP contribution in [0.1, 0.15) is 20.7 Å². The van der Waals surface area contributed by atoms with Crippen molar-refractivity contribution in [2.75, 3.05) is 47.2 Å². The number of benzene rings is 3. The Hall–Kier alpha value is -4.87. The lowest BCUT2D eigenvalue weighted by atomic mass is 10.1. The van der Waals surface area contributed by atoms with Gasteiger partial charge in [0.1, 0.15) is 10.8 Å². The van der Waals surface area contributed by atoms with Gasteiger partial charge in [-0.3, -0.25) is 14.6 Å². The molecular weight excluding hydrogens is 526 g/mol. The molecule has 1 fully saturated rings. The molecule has 200 valence electrons. The number of carbonyl (C=O) groups excluding carboxylic acids is 2. The molecule has 0 aliphatic carbocycles. The van der Waals surface area contributed by atoms with Crippen molar-refractivity contribution >= 4 is 62.3 Å². The summed E-state index contributed by atoms with van der Waals surface area (Å²) >= 11 is 1.14. The molecular formula is C29H25N7O3S. The Morgan fingerprint density at radius 3 is 2.42 bits per heavy atom. The van der Waals surface area contributed by atoms with E-state index in [2.05, 4.69) is 35.2 Å². The molecule has 0 spiro atoms. The van der Waals surface area contributed by atoms with E-state index in [9.17, 15) is 9.59 Å². The van der Waals surface area contributed by atoms with Crippen LogP contribution in [0.25, 0.3) is 11.0 Å². The van der Waals surface area contributed by atoms with Crippen LogP contribution in [0, 0.1) is 0 Å². The molecule has 40 heavy (non-hydrogen) atoms. The van der Waals surface area contributed by atoms with Gasteiger partial charge in [0.15, 0.2) is 0 Å². The van der Waals surface area contributed by atoms with E-state index >= 15 is 0 Å². The summed E-state index contributed by atoms with van der Waals surface area (Å²) < 4.78 is 9.58. The summed E-state index contributed by atoms with van der Waals surface area (Å²) in [7, 11) is 0. The first kappa shape index (κ1) is 25.4. The van der Waals surface area contributed by atoms with E-state index < -0.39 is 0 Å². The van der Waals surface area contributed by atoms with Gasteiger partial charge in [0.05, 0.1) is 42.2 Å². The maximum Gasteiger partial charge on any atom is 0.260 e. The highest BCUT2D eigenvalue weighted by Crippen LogP contribution is 2.26. The number of carbonyl (C=O) groups is 2. The molecule has 0 atom stereocenters. The Morgan fingerprint density at radius 2 is 1.60 bits per heavy atom. The van der Waals surface area contributed by atoms with E-state index in [-0.39, 0.29) is 11.8 Å². The maximum absolute atomic E-state index is 13.1. The molecule has 0 radical (unpaired) electrons. The monoisotopic (exact) mass is 551 g/mol. The van der Waals surface area contributed by atoms with E-state index in [0.717, 1.165) is 41.3 Å². The fourth-order valence-electron chi connectivity index (χ4n) is 4.34. The zero-order valence-electron chi connectivity index (χ0n) is 21.3. The van der Waals surface area contributed by atoms with Crippen molar-refractivity contribution in [3.8, 4) is 0 Å². The highest BCUT2D eigenvalue weighted by molar-refractivity contribution is 7.10. The third kappa shape index (κ3) is 5.75. The van der Waals surface area contributed by atoms with E-state index in [1.165, 1.54) is 6.20 Å². The van der Waals surface area contributed by atoms with Crippen LogP contribution in [0.15, 0.2) is 85.2 Å². The van der Waals surface area contributed by atoms with Crippen molar-refractivity contribution in [1.29, 1.82) is 0 Å². The minimum absolute atomic E-state index is 0.273. The second-order valence-corrected chi connectivity index (χ2v) is 9.87. The summed E-state index contributed by atoms with van der Waals surface area (Å²) in [5.74, 6) is -0.125. The number of aromatic nitrogens is 3. The van der Waals surface area contributed by atoms with Gasteiger partial charge < -0.3 is 25.6 Å². The Bertz CT molecular complexity index is 1670. The van der Waals surface area contributed by atoms with Crippen LogP contribution in [-0.2, 0) is 4.74 Å². The van der Waals surface area contributed by atoms with Gasteiger partial charge in [-0.05, 0) is 66.1 Å². The molecule has 1 aliphatic rings. The molecule has 5 aromatic rings. The minimum Gasteiger partial charge on any atom is -0.378 e. The third-order valence-corrected chi connectivity index (χ3v) is 7.10. The van der Waals surface area contributed by atoms with Crippen LogP contribution in [0.2, 0.25) is 0 Å². The van der Waals surface area contributed by atoms with Crippen molar-refractivity contribution < 1.29 is 14.3 Å². The zero-order valence-corrected chi connectivity index (χ0v) is 22.1. The first-order valence-electron chi connectivity index (χ1n) is 12.7. The van der Waals surface area contributed by atoms with Crippen LogP contribution in [0.3, 0.4) is 0 Å². The number of para-hydroxylation sites is 2. The molecule has 1 saturated heterocycles. The standard InChI is InChI=1S/C29H25N7O3S/c37-27(32-20-8-10-22(11-9-20)36-12-14-39-15-13-36)19-4-3-5-21(16-19)33-28(38)23-17-31-40-29(23)35-26-18-30-24-6-1-2-7-25(24)34-26/h1-11,16-18H,12-15H2,(H,32,37)(H,33,38)(H,34,35). The molecule has 1 aliphatic heterocycles. The van der Waals surface area contributed by atoms with E-state index in [4.69, 9.17) is 4.74 Å². The molecule has 11 heteroatoms. The molecule has 2 amide bonds. The third-order valence-electron chi connectivity index (χ3n) is 6.39. The number of hydrogen-bond acceptors (Lipinski definition) is 9. The number of rotatable bonds is 7. The summed E-state index contributed by atoms with van der Waals surface area (Å²) in [6.45, 7) is 3.12. The Labute approximate surface area is 234 Å².